The minimum Gasteiger partial charge on any atom is -0.494 e. The summed E-state index contributed by atoms with van der Waals surface area (Å²) < 4.78 is 19.0. The van der Waals surface area contributed by atoms with Crippen molar-refractivity contribution in [1.82, 2.24) is 5.32 Å². The molecule has 2 aromatic carbocycles. The molecule has 0 aliphatic heterocycles. The monoisotopic (exact) mass is 313 g/mol. The fraction of sp³-hybridized carbons (Fsp3) is 0.211. The number of benzene rings is 2. The average molecular weight is 313 g/mol. The van der Waals surface area contributed by atoms with E-state index in [0.717, 1.165) is 11.3 Å². The van der Waals surface area contributed by atoms with Gasteiger partial charge in [0.25, 0.3) is 0 Å². The lowest BCUT2D eigenvalue weighted by atomic mass is 10.2. The minimum absolute atomic E-state index is 0.246. The third-order valence-corrected chi connectivity index (χ3v) is 3.20. The van der Waals surface area contributed by atoms with Crippen LogP contribution >= 0.6 is 0 Å². The third-order valence-electron chi connectivity index (χ3n) is 3.20. The van der Waals surface area contributed by atoms with Gasteiger partial charge in [0.2, 0.25) is 5.91 Å². The normalized spacial score (nSPS) is 10.7. The topological polar surface area (TPSA) is 38.3 Å². The summed E-state index contributed by atoms with van der Waals surface area (Å²) in [6.07, 6.45) is 3.50. The van der Waals surface area contributed by atoms with Crippen molar-refractivity contribution in [2.24, 2.45) is 0 Å². The summed E-state index contributed by atoms with van der Waals surface area (Å²) in [5.41, 5.74) is 1.54. The van der Waals surface area contributed by atoms with Crippen molar-refractivity contribution in [2.75, 3.05) is 13.2 Å². The van der Waals surface area contributed by atoms with Crippen LogP contribution in [0.25, 0.3) is 6.08 Å². The van der Waals surface area contributed by atoms with E-state index in [2.05, 4.69) is 5.32 Å². The average Bonchev–Trinajstić information content (AvgIpc) is 2.54. The van der Waals surface area contributed by atoms with Crippen molar-refractivity contribution in [3.05, 3.63) is 71.6 Å². The Kier molecular flexibility index (Phi) is 6.36. The molecule has 0 unspecified atom stereocenters. The molecule has 2 aromatic rings. The van der Waals surface area contributed by atoms with Crippen molar-refractivity contribution >= 4 is 12.0 Å². The van der Waals surface area contributed by atoms with E-state index in [-0.39, 0.29) is 11.7 Å². The van der Waals surface area contributed by atoms with E-state index in [4.69, 9.17) is 4.74 Å². The fourth-order valence-corrected chi connectivity index (χ4v) is 2.01. The molecule has 0 aliphatic rings. The van der Waals surface area contributed by atoms with Crippen LogP contribution in [-0.2, 0) is 4.79 Å². The minimum atomic E-state index is -0.344. The smallest absolute Gasteiger partial charge is 0.244 e. The highest BCUT2D eigenvalue weighted by atomic mass is 19.1. The number of halogens is 1. The SMILES string of the molecule is Cc1cccc(OCCCNC(=O)/C=C/c2ccccc2F)c1. The molecule has 1 amide bonds. The van der Waals surface area contributed by atoms with Crippen molar-refractivity contribution in [3.63, 3.8) is 0 Å². The molecular formula is C19H20FNO2. The Hall–Kier alpha value is -2.62. The van der Waals surface area contributed by atoms with E-state index in [1.165, 1.54) is 18.2 Å². The number of carbonyl (C=O) groups is 1. The molecule has 0 heterocycles. The van der Waals surface area contributed by atoms with E-state index in [1.54, 1.807) is 18.2 Å². The summed E-state index contributed by atoms with van der Waals surface area (Å²) in [7, 11) is 0. The molecule has 0 bridgehead atoms. The molecule has 0 aliphatic carbocycles. The molecule has 4 heteroatoms. The lowest BCUT2D eigenvalue weighted by molar-refractivity contribution is -0.116. The van der Waals surface area contributed by atoms with Crippen LogP contribution in [-0.4, -0.2) is 19.1 Å². The zero-order valence-corrected chi connectivity index (χ0v) is 13.1. The Morgan fingerprint density at radius 3 is 2.83 bits per heavy atom. The van der Waals surface area contributed by atoms with Crippen molar-refractivity contribution in [3.8, 4) is 5.75 Å². The highest BCUT2D eigenvalue weighted by molar-refractivity contribution is 5.91. The van der Waals surface area contributed by atoms with Gasteiger partial charge in [-0.3, -0.25) is 4.79 Å². The first-order chi connectivity index (χ1) is 11.1. The second kappa shape index (κ2) is 8.73. The summed E-state index contributed by atoms with van der Waals surface area (Å²) in [5, 5.41) is 2.74. The number of aryl methyl sites for hydroxylation is 1. The molecule has 0 spiro atoms. The summed E-state index contributed by atoms with van der Waals surface area (Å²) in [4.78, 5) is 11.6. The van der Waals surface area contributed by atoms with E-state index in [9.17, 15) is 9.18 Å². The first-order valence-electron chi connectivity index (χ1n) is 7.55. The van der Waals surface area contributed by atoms with Gasteiger partial charge in [0.15, 0.2) is 0 Å². The Morgan fingerprint density at radius 1 is 1.22 bits per heavy atom. The molecule has 0 radical (unpaired) electrons. The van der Waals surface area contributed by atoms with Crippen molar-refractivity contribution in [2.45, 2.75) is 13.3 Å². The standard InChI is InChI=1S/C19H20FNO2/c1-15-6-4-8-17(14-15)23-13-5-12-21-19(22)11-10-16-7-2-3-9-18(16)20/h2-4,6-11,14H,5,12-13H2,1H3,(H,21,22)/b11-10+. The zero-order valence-electron chi connectivity index (χ0n) is 13.1. The third kappa shape index (κ3) is 5.94. The number of ether oxygens (including phenoxy) is 1. The van der Waals surface area contributed by atoms with Crippen LogP contribution < -0.4 is 10.1 Å². The van der Waals surface area contributed by atoms with Gasteiger partial charge in [-0.2, -0.15) is 0 Å². The van der Waals surface area contributed by atoms with Gasteiger partial charge >= 0.3 is 0 Å². The Balaban J connectivity index is 1.66. The number of hydrogen-bond acceptors (Lipinski definition) is 2. The highest BCUT2D eigenvalue weighted by Crippen LogP contribution is 2.12. The number of rotatable bonds is 7. The second-order valence-electron chi connectivity index (χ2n) is 5.16. The zero-order chi connectivity index (χ0) is 16.5. The van der Waals surface area contributed by atoms with Gasteiger partial charge in [0.05, 0.1) is 6.61 Å². The number of nitrogens with one attached hydrogen (secondary N) is 1. The fourth-order valence-electron chi connectivity index (χ4n) is 2.01. The molecule has 0 saturated heterocycles. The summed E-state index contributed by atoms with van der Waals surface area (Å²) in [6.45, 7) is 3.04. The molecule has 0 atom stereocenters. The maximum atomic E-state index is 13.4. The molecule has 23 heavy (non-hydrogen) atoms. The van der Waals surface area contributed by atoms with Crippen LogP contribution in [0.5, 0.6) is 5.75 Å². The number of carbonyl (C=O) groups excluding carboxylic acids is 1. The number of hydrogen-bond donors (Lipinski definition) is 1. The van der Waals surface area contributed by atoms with Crippen molar-refractivity contribution < 1.29 is 13.9 Å². The quantitative estimate of drug-likeness (QED) is 0.625. The first-order valence-corrected chi connectivity index (χ1v) is 7.55. The Labute approximate surface area is 135 Å². The Bertz CT molecular complexity index is 683. The van der Waals surface area contributed by atoms with Crippen LogP contribution in [0.15, 0.2) is 54.6 Å². The lowest BCUT2D eigenvalue weighted by Gasteiger charge is -2.07. The van der Waals surface area contributed by atoms with E-state index in [1.807, 2.05) is 31.2 Å². The molecule has 2 rings (SSSR count). The molecule has 0 aromatic heterocycles. The Morgan fingerprint density at radius 2 is 2.04 bits per heavy atom. The van der Waals surface area contributed by atoms with Crippen molar-refractivity contribution in [1.29, 1.82) is 0 Å². The highest BCUT2D eigenvalue weighted by Gasteiger charge is 1.99. The maximum Gasteiger partial charge on any atom is 0.244 e. The van der Waals surface area contributed by atoms with E-state index in [0.29, 0.717) is 25.1 Å². The maximum absolute atomic E-state index is 13.4. The van der Waals surface area contributed by atoms with E-state index >= 15 is 0 Å². The summed E-state index contributed by atoms with van der Waals surface area (Å²) >= 11 is 0. The van der Waals surface area contributed by atoms with Crippen LogP contribution in [0.4, 0.5) is 4.39 Å². The predicted octanol–water partition coefficient (Wildman–Crippen LogP) is 3.73. The van der Waals surface area contributed by atoms with Gasteiger partial charge in [-0.25, -0.2) is 4.39 Å². The van der Waals surface area contributed by atoms with E-state index < -0.39 is 0 Å². The first kappa shape index (κ1) is 16.7. The van der Waals surface area contributed by atoms with Crippen LogP contribution in [0.1, 0.15) is 17.5 Å². The molecule has 0 fully saturated rings. The van der Waals surface area contributed by atoms with Crippen LogP contribution in [0.3, 0.4) is 0 Å². The van der Waals surface area contributed by atoms with Gasteiger partial charge in [-0.05, 0) is 43.2 Å². The second-order valence-corrected chi connectivity index (χ2v) is 5.16. The summed E-state index contributed by atoms with van der Waals surface area (Å²) in [5.74, 6) is 0.239. The number of amides is 1. The molecule has 3 nitrogen and oxygen atoms in total. The molecular weight excluding hydrogens is 293 g/mol. The van der Waals surface area contributed by atoms with Crippen LogP contribution in [0.2, 0.25) is 0 Å². The van der Waals surface area contributed by atoms with Gasteiger partial charge in [0, 0.05) is 18.2 Å². The predicted molar refractivity (Wildman–Crippen MR) is 89.7 cm³/mol. The van der Waals surface area contributed by atoms with Crippen LogP contribution in [0, 0.1) is 12.7 Å². The lowest BCUT2D eigenvalue weighted by Crippen LogP contribution is -2.23. The van der Waals surface area contributed by atoms with Gasteiger partial charge in [-0.15, -0.1) is 0 Å². The van der Waals surface area contributed by atoms with Gasteiger partial charge < -0.3 is 10.1 Å². The van der Waals surface area contributed by atoms with Gasteiger partial charge in [0.1, 0.15) is 11.6 Å². The van der Waals surface area contributed by atoms with Gasteiger partial charge in [-0.1, -0.05) is 30.3 Å². The summed E-state index contributed by atoms with van der Waals surface area (Å²) in [6, 6.07) is 14.1. The largest absolute Gasteiger partial charge is 0.494 e. The molecule has 120 valence electrons. The molecule has 0 saturated carbocycles. The molecule has 1 N–H and O–H groups in total.